The molecular formula is C23H23NO5. The number of rotatable bonds is 7. The molecule has 29 heavy (non-hydrogen) atoms. The summed E-state index contributed by atoms with van der Waals surface area (Å²) >= 11 is 0. The van der Waals surface area contributed by atoms with Gasteiger partial charge in [0.25, 0.3) is 0 Å². The molecule has 1 unspecified atom stereocenters. The fourth-order valence-electron chi connectivity index (χ4n) is 3.39. The Morgan fingerprint density at radius 1 is 0.966 bits per heavy atom. The summed E-state index contributed by atoms with van der Waals surface area (Å²) in [4.78, 5) is 22.6. The fourth-order valence-corrected chi connectivity index (χ4v) is 3.39. The molecule has 3 aromatic rings. The second-order valence-electron chi connectivity index (χ2n) is 6.73. The quantitative estimate of drug-likeness (QED) is 0.640. The van der Waals surface area contributed by atoms with Crippen molar-refractivity contribution in [2.24, 2.45) is 0 Å². The number of carbonyl (C=O) groups excluding carboxylic acids is 1. The summed E-state index contributed by atoms with van der Waals surface area (Å²) in [5.74, 6) is 0.0207. The molecule has 1 atom stereocenters. The molecule has 150 valence electrons. The number of carboxylic acid groups (broad SMARTS) is 1. The molecule has 0 fully saturated rings. The SMILES string of the molecule is COc1cccc(OC)c1-c1ccc2cc(CC(NC(C)=O)C(=O)O)ccc2c1. The third-order valence-electron chi connectivity index (χ3n) is 4.74. The molecule has 1 amide bonds. The minimum Gasteiger partial charge on any atom is -0.496 e. The highest BCUT2D eigenvalue weighted by Crippen LogP contribution is 2.39. The molecule has 0 aliphatic rings. The Morgan fingerprint density at radius 3 is 2.17 bits per heavy atom. The maximum atomic E-state index is 11.4. The van der Waals surface area contributed by atoms with Crippen LogP contribution in [0.25, 0.3) is 21.9 Å². The molecular weight excluding hydrogens is 370 g/mol. The Balaban J connectivity index is 1.97. The molecule has 0 aliphatic carbocycles. The summed E-state index contributed by atoms with van der Waals surface area (Å²) in [7, 11) is 3.25. The summed E-state index contributed by atoms with van der Waals surface area (Å²) in [6, 6.07) is 16.5. The van der Waals surface area contributed by atoms with Crippen molar-refractivity contribution in [3.8, 4) is 22.6 Å². The predicted molar refractivity (Wildman–Crippen MR) is 111 cm³/mol. The van der Waals surface area contributed by atoms with Gasteiger partial charge in [0.15, 0.2) is 0 Å². The third kappa shape index (κ3) is 4.48. The van der Waals surface area contributed by atoms with E-state index in [1.165, 1.54) is 6.92 Å². The molecule has 0 bridgehead atoms. The van der Waals surface area contributed by atoms with E-state index < -0.39 is 12.0 Å². The topological polar surface area (TPSA) is 84.9 Å². The van der Waals surface area contributed by atoms with Gasteiger partial charge < -0.3 is 19.9 Å². The number of aliphatic carboxylic acids is 1. The van der Waals surface area contributed by atoms with Gasteiger partial charge in [-0.3, -0.25) is 4.79 Å². The van der Waals surface area contributed by atoms with E-state index in [1.54, 1.807) is 14.2 Å². The van der Waals surface area contributed by atoms with Crippen LogP contribution in [0.4, 0.5) is 0 Å². The number of methoxy groups -OCH3 is 2. The van der Waals surface area contributed by atoms with E-state index in [0.717, 1.165) is 39.0 Å². The zero-order chi connectivity index (χ0) is 21.0. The van der Waals surface area contributed by atoms with Crippen molar-refractivity contribution in [2.45, 2.75) is 19.4 Å². The summed E-state index contributed by atoms with van der Waals surface area (Å²) in [5, 5.41) is 13.8. The van der Waals surface area contributed by atoms with Gasteiger partial charge >= 0.3 is 5.97 Å². The Bertz CT molecular complexity index is 1040. The van der Waals surface area contributed by atoms with Crippen LogP contribution in [0.3, 0.4) is 0 Å². The van der Waals surface area contributed by atoms with Gasteiger partial charge in [-0.25, -0.2) is 4.79 Å². The van der Waals surface area contributed by atoms with Gasteiger partial charge in [-0.15, -0.1) is 0 Å². The molecule has 0 spiro atoms. The van der Waals surface area contributed by atoms with Crippen LogP contribution in [0.2, 0.25) is 0 Å². The maximum absolute atomic E-state index is 11.4. The van der Waals surface area contributed by atoms with Crippen LogP contribution in [0.5, 0.6) is 11.5 Å². The summed E-state index contributed by atoms with van der Waals surface area (Å²) < 4.78 is 11.0. The van der Waals surface area contributed by atoms with E-state index in [2.05, 4.69) is 5.32 Å². The van der Waals surface area contributed by atoms with Crippen molar-refractivity contribution in [3.63, 3.8) is 0 Å². The molecule has 0 aliphatic heterocycles. The second kappa shape index (κ2) is 8.65. The van der Waals surface area contributed by atoms with E-state index in [1.807, 2.05) is 54.6 Å². The molecule has 3 aromatic carbocycles. The molecule has 6 nitrogen and oxygen atoms in total. The van der Waals surface area contributed by atoms with Gasteiger partial charge in [-0.05, 0) is 40.1 Å². The lowest BCUT2D eigenvalue weighted by molar-refractivity contribution is -0.141. The normalized spacial score (nSPS) is 11.7. The number of carboxylic acids is 1. The van der Waals surface area contributed by atoms with Gasteiger partial charge in [-0.2, -0.15) is 0 Å². The second-order valence-corrected chi connectivity index (χ2v) is 6.73. The average Bonchev–Trinajstić information content (AvgIpc) is 2.71. The lowest BCUT2D eigenvalue weighted by atomic mass is 9.97. The van der Waals surface area contributed by atoms with Crippen LogP contribution in [0, 0.1) is 0 Å². The fraction of sp³-hybridized carbons (Fsp3) is 0.217. The number of amides is 1. The van der Waals surface area contributed by atoms with Crippen molar-refractivity contribution in [2.75, 3.05) is 14.2 Å². The summed E-state index contributed by atoms with van der Waals surface area (Å²) in [5.41, 5.74) is 2.67. The van der Waals surface area contributed by atoms with Gasteiger partial charge in [-0.1, -0.05) is 36.4 Å². The van der Waals surface area contributed by atoms with Crippen molar-refractivity contribution < 1.29 is 24.2 Å². The Labute approximate surface area is 169 Å². The zero-order valence-corrected chi connectivity index (χ0v) is 16.6. The Morgan fingerprint density at radius 2 is 1.59 bits per heavy atom. The van der Waals surface area contributed by atoms with E-state index in [9.17, 15) is 14.7 Å². The van der Waals surface area contributed by atoms with Crippen LogP contribution in [-0.2, 0) is 16.0 Å². The van der Waals surface area contributed by atoms with E-state index in [0.29, 0.717) is 0 Å². The van der Waals surface area contributed by atoms with Crippen LogP contribution in [0.1, 0.15) is 12.5 Å². The summed E-state index contributed by atoms with van der Waals surface area (Å²) in [6.45, 7) is 1.31. The van der Waals surface area contributed by atoms with Crippen LogP contribution < -0.4 is 14.8 Å². The monoisotopic (exact) mass is 393 g/mol. The standard InChI is InChI=1S/C23H23NO5/c1-14(25)24-19(23(26)27)12-15-7-8-17-13-18(10-9-16(17)11-15)22-20(28-2)5-4-6-21(22)29-3/h4-11,13,19H,12H2,1-3H3,(H,24,25)(H,26,27). The van der Waals surface area contributed by atoms with Crippen LogP contribution in [-0.4, -0.2) is 37.2 Å². The average molecular weight is 393 g/mol. The van der Waals surface area contributed by atoms with Gasteiger partial charge in [0.05, 0.1) is 19.8 Å². The van der Waals surface area contributed by atoms with Crippen molar-refractivity contribution in [3.05, 3.63) is 60.2 Å². The van der Waals surface area contributed by atoms with Crippen molar-refractivity contribution in [1.29, 1.82) is 0 Å². The molecule has 0 saturated carbocycles. The number of nitrogens with one attached hydrogen (secondary N) is 1. The van der Waals surface area contributed by atoms with Gasteiger partial charge in [0.1, 0.15) is 17.5 Å². The molecule has 0 aromatic heterocycles. The smallest absolute Gasteiger partial charge is 0.326 e. The minimum atomic E-state index is -1.06. The molecule has 0 radical (unpaired) electrons. The summed E-state index contributed by atoms with van der Waals surface area (Å²) in [6.07, 6.45) is 0.215. The third-order valence-corrected chi connectivity index (χ3v) is 4.74. The molecule has 6 heteroatoms. The predicted octanol–water partition coefficient (Wildman–Crippen LogP) is 3.66. The number of fused-ring (bicyclic) bond motifs is 1. The Kier molecular flexibility index (Phi) is 6.02. The van der Waals surface area contributed by atoms with E-state index in [-0.39, 0.29) is 12.3 Å². The lowest BCUT2D eigenvalue weighted by Gasteiger charge is -2.15. The first-order valence-corrected chi connectivity index (χ1v) is 9.17. The number of hydrogen-bond donors (Lipinski definition) is 2. The zero-order valence-electron chi connectivity index (χ0n) is 16.6. The molecule has 0 heterocycles. The Hall–Kier alpha value is -3.54. The number of carbonyl (C=O) groups is 2. The van der Waals surface area contributed by atoms with Crippen molar-refractivity contribution in [1.82, 2.24) is 5.32 Å². The molecule has 3 rings (SSSR count). The first-order chi connectivity index (χ1) is 13.9. The highest BCUT2D eigenvalue weighted by atomic mass is 16.5. The largest absolute Gasteiger partial charge is 0.496 e. The minimum absolute atomic E-state index is 0.215. The highest BCUT2D eigenvalue weighted by molar-refractivity contribution is 5.90. The number of ether oxygens (including phenoxy) is 2. The van der Waals surface area contributed by atoms with E-state index >= 15 is 0 Å². The highest BCUT2D eigenvalue weighted by Gasteiger charge is 2.19. The lowest BCUT2D eigenvalue weighted by Crippen LogP contribution is -2.41. The first kappa shape index (κ1) is 20.2. The van der Waals surface area contributed by atoms with E-state index in [4.69, 9.17) is 9.47 Å². The van der Waals surface area contributed by atoms with Crippen molar-refractivity contribution >= 4 is 22.6 Å². The number of benzene rings is 3. The van der Waals surface area contributed by atoms with Gasteiger partial charge in [0, 0.05) is 13.3 Å². The van der Waals surface area contributed by atoms with Crippen LogP contribution in [0.15, 0.2) is 54.6 Å². The van der Waals surface area contributed by atoms with Gasteiger partial charge in [0.2, 0.25) is 5.91 Å². The van der Waals surface area contributed by atoms with Crippen LogP contribution >= 0.6 is 0 Å². The number of hydrogen-bond acceptors (Lipinski definition) is 4. The first-order valence-electron chi connectivity index (χ1n) is 9.17. The molecule has 2 N–H and O–H groups in total. The molecule has 0 saturated heterocycles. The maximum Gasteiger partial charge on any atom is 0.326 e.